The van der Waals surface area contributed by atoms with Crippen molar-refractivity contribution in [3.63, 3.8) is 0 Å². The number of anilines is 1. The van der Waals surface area contributed by atoms with E-state index in [1.165, 1.54) is 0 Å². The lowest BCUT2D eigenvalue weighted by Gasteiger charge is -2.15. The first-order chi connectivity index (χ1) is 10.5. The van der Waals surface area contributed by atoms with Crippen molar-refractivity contribution >= 4 is 11.6 Å². The molecule has 0 bridgehead atoms. The largest absolute Gasteiger partial charge is 0.387 e. The van der Waals surface area contributed by atoms with Gasteiger partial charge in [-0.2, -0.15) is 0 Å². The van der Waals surface area contributed by atoms with Crippen molar-refractivity contribution in [3.05, 3.63) is 65.2 Å². The van der Waals surface area contributed by atoms with Gasteiger partial charge in [-0.05, 0) is 36.8 Å². The van der Waals surface area contributed by atoms with Crippen molar-refractivity contribution < 1.29 is 9.90 Å². The summed E-state index contributed by atoms with van der Waals surface area (Å²) in [6, 6.07) is 15.0. The highest BCUT2D eigenvalue weighted by molar-refractivity contribution is 5.94. The minimum Gasteiger partial charge on any atom is -0.387 e. The molecule has 0 radical (unpaired) electrons. The Hall–Kier alpha value is -2.33. The van der Waals surface area contributed by atoms with Gasteiger partial charge in [0, 0.05) is 31.9 Å². The number of aliphatic hydroxyl groups excluding tert-OH is 1. The molecule has 116 valence electrons. The maximum Gasteiger partial charge on any atom is 0.251 e. The molecule has 0 aliphatic rings. The lowest BCUT2D eigenvalue weighted by molar-refractivity contribution is 0.0916. The first-order valence-corrected chi connectivity index (χ1v) is 7.27. The van der Waals surface area contributed by atoms with Gasteiger partial charge in [0.05, 0.1) is 6.10 Å². The molecule has 1 unspecified atom stereocenters. The van der Waals surface area contributed by atoms with E-state index in [9.17, 15) is 9.90 Å². The summed E-state index contributed by atoms with van der Waals surface area (Å²) in [5.74, 6) is -0.177. The van der Waals surface area contributed by atoms with Gasteiger partial charge in [-0.15, -0.1) is 0 Å². The number of hydrogen-bond acceptors (Lipinski definition) is 3. The van der Waals surface area contributed by atoms with Crippen LogP contribution in [0.4, 0.5) is 5.69 Å². The number of carbonyl (C=O) groups is 1. The molecule has 0 saturated heterocycles. The Morgan fingerprint density at radius 2 is 1.68 bits per heavy atom. The number of nitrogens with one attached hydrogen (secondary N) is 1. The third kappa shape index (κ3) is 4.09. The SMILES string of the molecule is Cc1ccc(C(=O)NCC(O)c2ccc(N(C)C)cc2)cc1. The number of rotatable bonds is 5. The van der Waals surface area contributed by atoms with Crippen LogP contribution in [0.15, 0.2) is 48.5 Å². The highest BCUT2D eigenvalue weighted by Gasteiger charge is 2.11. The summed E-state index contributed by atoms with van der Waals surface area (Å²) in [5.41, 5.74) is 3.56. The second-order valence-corrected chi connectivity index (χ2v) is 5.58. The highest BCUT2D eigenvalue weighted by atomic mass is 16.3. The standard InChI is InChI=1S/C18H22N2O2/c1-13-4-6-15(7-5-13)18(22)19-12-17(21)14-8-10-16(11-9-14)20(2)3/h4-11,17,21H,12H2,1-3H3,(H,19,22). The molecule has 2 aromatic carbocycles. The fourth-order valence-electron chi connectivity index (χ4n) is 2.11. The topological polar surface area (TPSA) is 52.6 Å². The molecular formula is C18H22N2O2. The average Bonchev–Trinajstić information content (AvgIpc) is 2.53. The molecule has 2 N–H and O–H groups in total. The van der Waals surface area contributed by atoms with E-state index in [0.717, 1.165) is 16.8 Å². The summed E-state index contributed by atoms with van der Waals surface area (Å²) >= 11 is 0. The Morgan fingerprint density at radius 3 is 2.23 bits per heavy atom. The van der Waals surface area contributed by atoms with E-state index in [1.807, 2.05) is 62.3 Å². The summed E-state index contributed by atoms with van der Waals surface area (Å²) in [4.78, 5) is 14.0. The van der Waals surface area contributed by atoms with Crippen LogP contribution in [0.3, 0.4) is 0 Å². The van der Waals surface area contributed by atoms with E-state index in [1.54, 1.807) is 12.1 Å². The van der Waals surface area contributed by atoms with Gasteiger partial charge >= 0.3 is 0 Å². The van der Waals surface area contributed by atoms with Crippen LogP contribution in [0.2, 0.25) is 0 Å². The lowest BCUT2D eigenvalue weighted by atomic mass is 10.1. The van der Waals surface area contributed by atoms with E-state index in [4.69, 9.17) is 0 Å². The number of benzene rings is 2. The van der Waals surface area contributed by atoms with Crippen molar-refractivity contribution in [3.8, 4) is 0 Å². The number of aryl methyl sites for hydroxylation is 1. The van der Waals surface area contributed by atoms with Gasteiger partial charge in [0.2, 0.25) is 0 Å². The summed E-state index contributed by atoms with van der Waals surface area (Å²) < 4.78 is 0. The number of carbonyl (C=O) groups excluding carboxylic acids is 1. The second kappa shape index (κ2) is 7.09. The van der Waals surface area contributed by atoms with E-state index in [0.29, 0.717) is 5.56 Å². The quantitative estimate of drug-likeness (QED) is 0.892. The summed E-state index contributed by atoms with van der Waals surface area (Å²) in [6.45, 7) is 2.16. The van der Waals surface area contributed by atoms with E-state index >= 15 is 0 Å². The fraction of sp³-hybridized carbons (Fsp3) is 0.278. The van der Waals surface area contributed by atoms with Crippen molar-refractivity contribution in [2.75, 3.05) is 25.5 Å². The van der Waals surface area contributed by atoms with Gasteiger partial charge in [0.25, 0.3) is 5.91 Å². The van der Waals surface area contributed by atoms with Crippen LogP contribution < -0.4 is 10.2 Å². The van der Waals surface area contributed by atoms with Gasteiger partial charge in [0.15, 0.2) is 0 Å². The van der Waals surface area contributed by atoms with E-state index in [-0.39, 0.29) is 12.5 Å². The molecule has 4 nitrogen and oxygen atoms in total. The van der Waals surface area contributed by atoms with Crippen molar-refractivity contribution in [1.82, 2.24) is 5.32 Å². The molecule has 4 heteroatoms. The molecule has 2 rings (SSSR count). The van der Waals surface area contributed by atoms with E-state index < -0.39 is 6.10 Å². The molecular weight excluding hydrogens is 276 g/mol. The lowest BCUT2D eigenvalue weighted by Crippen LogP contribution is -2.28. The molecule has 0 fully saturated rings. The fourth-order valence-corrected chi connectivity index (χ4v) is 2.11. The van der Waals surface area contributed by atoms with Crippen LogP contribution in [-0.2, 0) is 0 Å². The van der Waals surface area contributed by atoms with Gasteiger partial charge in [-0.1, -0.05) is 29.8 Å². The highest BCUT2D eigenvalue weighted by Crippen LogP contribution is 2.17. The zero-order chi connectivity index (χ0) is 16.1. The molecule has 1 atom stereocenters. The zero-order valence-electron chi connectivity index (χ0n) is 13.2. The Bertz CT molecular complexity index is 619. The zero-order valence-corrected chi connectivity index (χ0v) is 13.2. The molecule has 0 spiro atoms. The Labute approximate surface area is 131 Å². The first-order valence-electron chi connectivity index (χ1n) is 7.27. The number of nitrogens with zero attached hydrogens (tertiary/aromatic N) is 1. The maximum absolute atomic E-state index is 12.0. The minimum absolute atomic E-state index is 0.177. The van der Waals surface area contributed by atoms with Gasteiger partial charge in [0.1, 0.15) is 0 Å². The summed E-state index contributed by atoms with van der Waals surface area (Å²) in [7, 11) is 3.93. The number of aliphatic hydroxyl groups is 1. The molecule has 0 heterocycles. The van der Waals surface area contributed by atoms with Crippen molar-refractivity contribution in [2.45, 2.75) is 13.0 Å². The predicted molar refractivity (Wildman–Crippen MR) is 89.2 cm³/mol. The third-order valence-corrected chi connectivity index (χ3v) is 3.56. The van der Waals surface area contributed by atoms with Crippen molar-refractivity contribution in [2.24, 2.45) is 0 Å². The normalized spacial score (nSPS) is 11.8. The van der Waals surface area contributed by atoms with Gasteiger partial charge in [-0.3, -0.25) is 4.79 Å². The average molecular weight is 298 g/mol. The molecule has 1 amide bonds. The molecule has 0 saturated carbocycles. The smallest absolute Gasteiger partial charge is 0.251 e. The van der Waals surface area contributed by atoms with Gasteiger partial charge in [-0.25, -0.2) is 0 Å². The third-order valence-electron chi connectivity index (χ3n) is 3.56. The van der Waals surface area contributed by atoms with Crippen LogP contribution in [0.5, 0.6) is 0 Å². The van der Waals surface area contributed by atoms with Crippen LogP contribution in [0.25, 0.3) is 0 Å². The predicted octanol–water partition coefficient (Wildman–Crippen LogP) is 2.52. The number of hydrogen-bond donors (Lipinski definition) is 2. The molecule has 0 aliphatic carbocycles. The van der Waals surface area contributed by atoms with Crippen LogP contribution in [0, 0.1) is 6.92 Å². The summed E-state index contributed by atoms with van der Waals surface area (Å²) in [5, 5.41) is 12.9. The summed E-state index contributed by atoms with van der Waals surface area (Å²) in [6.07, 6.45) is -0.717. The number of amides is 1. The molecule has 0 aromatic heterocycles. The Kier molecular flexibility index (Phi) is 5.17. The van der Waals surface area contributed by atoms with Crippen LogP contribution >= 0.6 is 0 Å². The molecule has 22 heavy (non-hydrogen) atoms. The monoisotopic (exact) mass is 298 g/mol. The second-order valence-electron chi connectivity index (χ2n) is 5.58. The molecule has 0 aliphatic heterocycles. The minimum atomic E-state index is -0.717. The molecule has 2 aromatic rings. The maximum atomic E-state index is 12.0. The van der Waals surface area contributed by atoms with Crippen molar-refractivity contribution in [1.29, 1.82) is 0 Å². The first kappa shape index (κ1) is 16.0. The Morgan fingerprint density at radius 1 is 1.09 bits per heavy atom. The van der Waals surface area contributed by atoms with Crippen LogP contribution in [-0.4, -0.2) is 31.7 Å². The van der Waals surface area contributed by atoms with Gasteiger partial charge < -0.3 is 15.3 Å². The van der Waals surface area contributed by atoms with Crippen LogP contribution in [0.1, 0.15) is 27.6 Å². The Balaban J connectivity index is 1.93. The van der Waals surface area contributed by atoms with E-state index in [2.05, 4.69) is 5.32 Å².